The Morgan fingerprint density at radius 2 is 1.78 bits per heavy atom. The minimum atomic E-state index is -0.279. The van der Waals surface area contributed by atoms with E-state index in [-0.39, 0.29) is 17.6 Å². The first kappa shape index (κ1) is 20.7. The number of fused-ring (bicyclic) bond motifs is 1. The molecule has 0 atom stereocenters. The SMILES string of the molecule is Cc1ccc(Nc2c(-c3ccc(F)cc3)nc3n2CCN(C(=O)C2CCOCC2)C3)cc1. The molecule has 1 saturated heterocycles. The van der Waals surface area contributed by atoms with E-state index >= 15 is 0 Å². The van der Waals surface area contributed by atoms with E-state index in [1.54, 1.807) is 12.1 Å². The van der Waals surface area contributed by atoms with Crippen LogP contribution in [0, 0.1) is 18.7 Å². The monoisotopic (exact) mass is 434 g/mol. The van der Waals surface area contributed by atoms with E-state index < -0.39 is 0 Å². The summed E-state index contributed by atoms with van der Waals surface area (Å²) in [5.41, 5.74) is 3.75. The smallest absolute Gasteiger partial charge is 0.226 e. The van der Waals surface area contributed by atoms with Crippen molar-refractivity contribution in [3.05, 3.63) is 65.7 Å². The Labute approximate surface area is 187 Å². The van der Waals surface area contributed by atoms with E-state index in [0.717, 1.165) is 41.4 Å². The number of anilines is 2. The first-order valence-corrected chi connectivity index (χ1v) is 11.1. The van der Waals surface area contributed by atoms with Gasteiger partial charge in [0.1, 0.15) is 23.2 Å². The number of carbonyl (C=O) groups is 1. The lowest BCUT2D eigenvalue weighted by molar-refractivity contribution is -0.140. The molecule has 2 aromatic carbocycles. The number of halogens is 1. The Balaban J connectivity index is 1.47. The molecule has 5 rings (SSSR count). The Hall–Kier alpha value is -3.19. The van der Waals surface area contributed by atoms with Crippen LogP contribution in [-0.4, -0.2) is 40.1 Å². The lowest BCUT2D eigenvalue weighted by Crippen LogP contribution is -2.43. The van der Waals surface area contributed by atoms with Gasteiger partial charge in [-0.2, -0.15) is 0 Å². The standard InChI is InChI=1S/C25H27FN4O2/c1-17-2-8-21(9-3-17)27-24-23(18-4-6-20(26)7-5-18)28-22-16-29(12-13-30(22)24)25(31)19-10-14-32-15-11-19/h2-9,19,27H,10-16H2,1H3. The van der Waals surface area contributed by atoms with Gasteiger partial charge in [-0.1, -0.05) is 17.7 Å². The lowest BCUT2D eigenvalue weighted by atomic mass is 9.98. The summed E-state index contributed by atoms with van der Waals surface area (Å²) in [6.07, 6.45) is 1.57. The van der Waals surface area contributed by atoms with Gasteiger partial charge in [-0.3, -0.25) is 4.79 Å². The Kier molecular flexibility index (Phi) is 5.66. The van der Waals surface area contributed by atoms with Crippen molar-refractivity contribution in [3.8, 4) is 11.3 Å². The Bertz CT molecular complexity index is 1100. The van der Waals surface area contributed by atoms with Crippen molar-refractivity contribution in [1.29, 1.82) is 0 Å². The minimum Gasteiger partial charge on any atom is -0.381 e. The summed E-state index contributed by atoms with van der Waals surface area (Å²) < 4.78 is 21.1. The molecule has 0 spiro atoms. The number of hydrogen-bond acceptors (Lipinski definition) is 4. The second-order valence-electron chi connectivity index (χ2n) is 8.52. The van der Waals surface area contributed by atoms with Crippen LogP contribution in [-0.2, 0) is 22.6 Å². The van der Waals surface area contributed by atoms with Crippen LogP contribution in [0.5, 0.6) is 0 Å². The molecule has 0 aliphatic carbocycles. The van der Waals surface area contributed by atoms with Crippen LogP contribution in [0.4, 0.5) is 15.9 Å². The molecule has 0 saturated carbocycles. The lowest BCUT2D eigenvalue weighted by Gasteiger charge is -2.32. The number of imidazole rings is 1. The number of ether oxygens (including phenoxy) is 1. The van der Waals surface area contributed by atoms with Crippen molar-refractivity contribution in [2.75, 3.05) is 25.1 Å². The summed E-state index contributed by atoms with van der Waals surface area (Å²) in [6, 6.07) is 14.6. The Morgan fingerprint density at radius 3 is 2.50 bits per heavy atom. The number of rotatable bonds is 4. The van der Waals surface area contributed by atoms with Crippen LogP contribution in [0.15, 0.2) is 48.5 Å². The Morgan fingerprint density at radius 1 is 1.06 bits per heavy atom. The van der Waals surface area contributed by atoms with Gasteiger partial charge in [-0.05, 0) is 56.2 Å². The van der Waals surface area contributed by atoms with E-state index in [1.807, 2.05) is 17.0 Å². The molecule has 7 heteroatoms. The molecular weight excluding hydrogens is 407 g/mol. The summed E-state index contributed by atoms with van der Waals surface area (Å²) in [5, 5.41) is 3.52. The largest absolute Gasteiger partial charge is 0.381 e. The molecule has 1 fully saturated rings. The molecule has 0 bridgehead atoms. The summed E-state index contributed by atoms with van der Waals surface area (Å²) >= 11 is 0. The zero-order chi connectivity index (χ0) is 22.1. The number of nitrogens with one attached hydrogen (secondary N) is 1. The number of aryl methyl sites for hydroxylation is 1. The highest BCUT2D eigenvalue weighted by atomic mass is 19.1. The first-order chi connectivity index (χ1) is 15.6. The van der Waals surface area contributed by atoms with Crippen molar-refractivity contribution in [3.63, 3.8) is 0 Å². The molecule has 166 valence electrons. The van der Waals surface area contributed by atoms with Crippen LogP contribution in [0.25, 0.3) is 11.3 Å². The second kappa shape index (κ2) is 8.74. The number of carbonyl (C=O) groups excluding carboxylic acids is 1. The molecular formula is C25H27FN4O2. The first-order valence-electron chi connectivity index (χ1n) is 11.1. The third-order valence-electron chi connectivity index (χ3n) is 6.29. The highest BCUT2D eigenvalue weighted by molar-refractivity contribution is 5.80. The zero-order valence-corrected chi connectivity index (χ0v) is 18.2. The normalized spacial score (nSPS) is 16.6. The summed E-state index contributed by atoms with van der Waals surface area (Å²) in [7, 11) is 0. The molecule has 2 aliphatic heterocycles. The van der Waals surface area contributed by atoms with E-state index in [4.69, 9.17) is 9.72 Å². The van der Waals surface area contributed by atoms with Gasteiger partial charge in [0.25, 0.3) is 0 Å². The molecule has 0 unspecified atom stereocenters. The van der Waals surface area contributed by atoms with Crippen LogP contribution < -0.4 is 5.32 Å². The van der Waals surface area contributed by atoms with E-state index in [9.17, 15) is 9.18 Å². The van der Waals surface area contributed by atoms with Crippen molar-refractivity contribution in [2.45, 2.75) is 32.9 Å². The van der Waals surface area contributed by atoms with Gasteiger partial charge in [0.2, 0.25) is 5.91 Å². The van der Waals surface area contributed by atoms with Crippen molar-refractivity contribution in [1.82, 2.24) is 14.5 Å². The molecule has 6 nitrogen and oxygen atoms in total. The highest BCUT2D eigenvalue weighted by Crippen LogP contribution is 2.34. The maximum atomic E-state index is 13.5. The topological polar surface area (TPSA) is 59.4 Å². The molecule has 32 heavy (non-hydrogen) atoms. The number of aromatic nitrogens is 2. The van der Waals surface area contributed by atoms with Crippen molar-refractivity contribution in [2.24, 2.45) is 5.92 Å². The molecule has 2 aliphatic rings. The van der Waals surface area contributed by atoms with Gasteiger partial charge >= 0.3 is 0 Å². The van der Waals surface area contributed by atoms with Gasteiger partial charge in [0.05, 0.1) is 6.54 Å². The predicted octanol–water partition coefficient (Wildman–Crippen LogP) is 4.51. The molecule has 1 aromatic heterocycles. The van der Waals surface area contributed by atoms with Crippen LogP contribution in [0.3, 0.4) is 0 Å². The fourth-order valence-corrected chi connectivity index (χ4v) is 4.43. The molecule has 3 heterocycles. The summed E-state index contributed by atoms with van der Waals surface area (Å²) in [4.78, 5) is 19.9. The van der Waals surface area contributed by atoms with Crippen LogP contribution in [0.1, 0.15) is 24.2 Å². The second-order valence-corrected chi connectivity index (χ2v) is 8.52. The minimum absolute atomic E-state index is 0.0342. The van der Waals surface area contributed by atoms with Crippen molar-refractivity contribution >= 4 is 17.4 Å². The van der Waals surface area contributed by atoms with E-state index in [0.29, 0.717) is 32.8 Å². The summed E-state index contributed by atoms with van der Waals surface area (Å²) in [5.74, 6) is 1.66. The maximum Gasteiger partial charge on any atom is 0.226 e. The van der Waals surface area contributed by atoms with Crippen molar-refractivity contribution < 1.29 is 13.9 Å². The number of amides is 1. The van der Waals surface area contributed by atoms with E-state index in [1.165, 1.54) is 17.7 Å². The molecule has 0 radical (unpaired) electrons. The maximum absolute atomic E-state index is 13.5. The third-order valence-corrected chi connectivity index (χ3v) is 6.29. The van der Waals surface area contributed by atoms with Crippen LogP contribution in [0.2, 0.25) is 0 Å². The number of hydrogen-bond donors (Lipinski definition) is 1. The molecule has 1 amide bonds. The van der Waals surface area contributed by atoms with Gasteiger partial charge < -0.3 is 19.5 Å². The average Bonchev–Trinajstić information content (AvgIpc) is 3.18. The predicted molar refractivity (Wildman–Crippen MR) is 121 cm³/mol. The van der Waals surface area contributed by atoms with Gasteiger partial charge in [-0.25, -0.2) is 9.37 Å². The van der Waals surface area contributed by atoms with Gasteiger partial charge in [-0.15, -0.1) is 0 Å². The zero-order valence-electron chi connectivity index (χ0n) is 18.2. The van der Waals surface area contributed by atoms with Gasteiger partial charge in [0.15, 0.2) is 0 Å². The summed E-state index contributed by atoms with van der Waals surface area (Å²) in [6.45, 7) is 5.13. The van der Waals surface area contributed by atoms with Gasteiger partial charge in [0, 0.05) is 43.5 Å². The highest BCUT2D eigenvalue weighted by Gasteiger charge is 2.31. The van der Waals surface area contributed by atoms with Crippen LogP contribution >= 0.6 is 0 Å². The fraction of sp³-hybridized carbons (Fsp3) is 0.360. The fourth-order valence-electron chi connectivity index (χ4n) is 4.43. The third kappa shape index (κ3) is 4.12. The van der Waals surface area contributed by atoms with E-state index in [2.05, 4.69) is 28.9 Å². The quantitative estimate of drug-likeness (QED) is 0.656. The molecule has 3 aromatic rings. The molecule has 1 N–H and O–H groups in total. The average molecular weight is 435 g/mol. The number of nitrogens with zero attached hydrogens (tertiary/aromatic N) is 3. The number of benzene rings is 2.